The van der Waals surface area contributed by atoms with E-state index in [-0.39, 0.29) is 23.6 Å². The Kier molecular flexibility index (Phi) is 4.70. The summed E-state index contributed by atoms with van der Waals surface area (Å²) in [6, 6.07) is 27.5. The van der Waals surface area contributed by atoms with Crippen LogP contribution in [0.2, 0.25) is 0 Å². The van der Waals surface area contributed by atoms with E-state index in [9.17, 15) is 14.4 Å². The van der Waals surface area contributed by atoms with Gasteiger partial charge in [-0.05, 0) is 35.9 Å². The molecule has 0 radical (unpaired) electrons. The molecule has 0 aliphatic carbocycles. The molecule has 3 aliphatic heterocycles. The van der Waals surface area contributed by atoms with Gasteiger partial charge >= 0.3 is 0 Å². The lowest BCUT2D eigenvalue weighted by Gasteiger charge is -2.37. The standard InChI is InChI=1S/C32H24N2O3/c1-19-11-14-22(15-12-19)33-31(36)27-26-18-16-24-23-10-6-5-7-20(23)13-17-25(24)34(26)29(28(27)32(33)37)30(35)21-8-3-2-4-9-21/h2-18,26-29H,1H3/t26-,27+,28-,29+/m1/s1. The number of ketones is 1. The fourth-order valence-electron chi connectivity index (χ4n) is 6.35. The van der Waals surface area contributed by atoms with Crippen molar-refractivity contribution in [2.45, 2.75) is 19.0 Å². The Morgan fingerprint density at radius 3 is 2.24 bits per heavy atom. The molecule has 0 N–H and O–H groups in total. The Hall–Kier alpha value is -4.51. The zero-order chi connectivity index (χ0) is 25.3. The molecule has 5 heteroatoms. The average molecular weight is 485 g/mol. The predicted octanol–water partition coefficient (Wildman–Crippen LogP) is 5.42. The lowest BCUT2D eigenvalue weighted by molar-refractivity contribution is -0.122. The number of carbonyl (C=O) groups excluding carboxylic acids is 3. The van der Waals surface area contributed by atoms with E-state index in [1.54, 1.807) is 24.3 Å². The zero-order valence-electron chi connectivity index (χ0n) is 20.2. The molecule has 3 aliphatic rings. The van der Waals surface area contributed by atoms with Gasteiger partial charge in [0.15, 0.2) is 5.78 Å². The van der Waals surface area contributed by atoms with Crippen molar-refractivity contribution in [3.63, 3.8) is 0 Å². The number of amides is 2. The van der Waals surface area contributed by atoms with Crippen LogP contribution in [-0.2, 0) is 9.59 Å². The van der Waals surface area contributed by atoms with Gasteiger partial charge in [0.25, 0.3) is 0 Å². The van der Waals surface area contributed by atoms with Crippen LogP contribution in [0.1, 0.15) is 21.5 Å². The number of aryl methyl sites for hydroxylation is 1. The highest BCUT2D eigenvalue weighted by Crippen LogP contribution is 2.50. The van der Waals surface area contributed by atoms with Crippen molar-refractivity contribution in [1.29, 1.82) is 0 Å². The van der Waals surface area contributed by atoms with Gasteiger partial charge in [0.2, 0.25) is 11.8 Å². The molecule has 2 amide bonds. The van der Waals surface area contributed by atoms with Crippen LogP contribution in [0.15, 0.2) is 97.1 Å². The monoisotopic (exact) mass is 484 g/mol. The highest BCUT2D eigenvalue weighted by molar-refractivity contribution is 6.25. The second kappa shape index (κ2) is 8.00. The Labute approximate surface area is 214 Å². The maximum absolute atomic E-state index is 14.1. The summed E-state index contributed by atoms with van der Waals surface area (Å²) in [5, 5.41) is 2.18. The Morgan fingerprint density at radius 2 is 1.46 bits per heavy atom. The third-order valence-corrected chi connectivity index (χ3v) is 8.03. The van der Waals surface area contributed by atoms with E-state index in [0.717, 1.165) is 27.6 Å². The van der Waals surface area contributed by atoms with E-state index in [4.69, 9.17) is 0 Å². The summed E-state index contributed by atoms with van der Waals surface area (Å²) < 4.78 is 0. The summed E-state index contributed by atoms with van der Waals surface area (Å²) in [7, 11) is 0. The fraction of sp³-hybridized carbons (Fsp3) is 0.156. The molecule has 0 spiro atoms. The largest absolute Gasteiger partial charge is 0.352 e. The van der Waals surface area contributed by atoms with E-state index < -0.39 is 17.9 Å². The third-order valence-electron chi connectivity index (χ3n) is 8.03. The topological polar surface area (TPSA) is 57.7 Å². The SMILES string of the molecule is Cc1ccc(N2C(=O)[C@@H]3[C@@H](C2=O)[C@@H](C(=O)c2ccccc2)N2c4ccc5ccccc5c4C=C[C@H]32)cc1. The van der Waals surface area contributed by atoms with E-state index in [1.165, 1.54) is 4.90 Å². The second-order valence-electron chi connectivity index (χ2n) is 10.1. The van der Waals surface area contributed by atoms with Crippen LogP contribution in [-0.4, -0.2) is 29.7 Å². The van der Waals surface area contributed by atoms with Crippen molar-refractivity contribution in [2.24, 2.45) is 11.8 Å². The van der Waals surface area contributed by atoms with E-state index in [0.29, 0.717) is 11.3 Å². The number of imide groups is 1. The number of Topliss-reactive ketones (excluding diaryl/α,β-unsaturated/α-hetero) is 1. The molecule has 5 nitrogen and oxygen atoms in total. The van der Waals surface area contributed by atoms with Crippen molar-refractivity contribution >= 4 is 45.8 Å². The summed E-state index contributed by atoms with van der Waals surface area (Å²) in [6.45, 7) is 1.96. The van der Waals surface area contributed by atoms with Gasteiger partial charge in [0.05, 0.1) is 23.6 Å². The van der Waals surface area contributed by atoms with Gasteiger partial charge in [-0.2, -0.15) is 0 Å². The Balaban J connectivity index is 1.40. The van der Waals surface area contributed by atoms with E-state index >= 15 is 0 Å². The third kappa shape index (κ3) is 3.07. The minimum atomic E-state index is -0.783. The molecule has 4 atom stereocenters. The molecule has 7 rings (SSSR count). The average Bonchev–Trinajstić information content (AvgIpc) is 3.41. The number of rotatable bonds is 3. The molecule has 0 unspecified atom stereocenters. The van der Waals surface area contributed by atoms with Gasteiger partial charge in [0, 0.05) is 16.8 Å². The Bertz CT molecular complexity index is 1620. The van der Waals surface area contributed by atoms with E-state index in [1.807, 2.05) is 72.5 Å². The number of nitrogens with zero attached hydrogens (tertiary/aromatic N) is 2. The fourth-order valence-corrected chi connectivity index (χ4v) is 6.35. The van der Waals surface area contributed by atoms with Crippen LogP contribution in [0.25, 0.3) is 16.8 Å². The summed E-state index contributed by atoms with van der Waals surface area (Å²) in [6.07, 6.45) is 4.06. The van der Waals surface area contributed by atoms with Gasteiger partial charge in [-0.3, -0.25) is 14.4 Å². The predicted molar refractivity (Wildman–Crippen MR) is 144 cm³/mol. The molecule has 0 saturated carbocycles. The van der Waals surface area contributed by atoms with Crippen LogP contribution >= 0.6 is 0 Å². The minimum Gasteiger partial charge on any atom is -0.352 e. The summed E-state index contributed by atoms with van der Waals surface area (Å²) >= 11 is 0. The first kappa shape index (κ1) is 21.7. The number of hydrogen-bond donors (Lipinski definition) is 0. The number of fused-ring (bicyclic) bond motifs is 7. The molecule has 2 saturated heterocycles. The first-order valence-electron chi connectivity index (χ1n) is 12.6. The molecule has 2 fully saturated rings. The van der Waals surface area contributed by atoms with Crippen molar-refractivity contribution in [3.8, 4) is 0 Å². The molecule has 3 heterocycles. The Morgan fingerprint density at radius 1 is 0.757 bits per heavy atom. The highest BCUT2D eigenvalue weighted by Gasteiger charge is 2.64. The van der Waals surface area contributed by atoms with Crippen molar-refractivity contribution in [3.05, 3.63) is 114 Å². The molecular formula is C32H24N2O3. The van der Waals surface area contributed by atoms with Crippen LogP contribution in [0.5, 0.6) is 0 Å². The van der Waals surface area contributed by atoms with Crippen molar-refractivity contribution in [2.75, 3.05) is 9.80 Å². The zero-order valence-corrected chi connectivity index (χ0v) is 20.2. The first-order valence-corrected chi connectivity index (χ1v) is 12.6. The summed E-state index contributed by atoms with van der Waals surface area (Å²) in [4.78, 5) is 45.3. The molecule has 0 bridgehead atoms. The normalized spacial score (nSPS) is 23.8. The van der Waals surface area contributed by atoms with Crippen molar-refractivity contribution < 1.29 is 14.4 Å². The molecule has 4 aromatic carbocycles. The van der Waals surface area contributed by atoms with Crippen LogP contribution in [0, 0.1) is 18.8 Å². The molecule has 180 valence electrons. The number of hydrogen-bond acceptors (Lipinski definition) is 4. The first-order chi connectivity index (χ1) is 18.0. The summed E-state index contributed by atoms with van der Waals surface area (Å²) in [5.41, 5.74) is 4.04. The molecular weight excluding hydrogens is 460 g/mol. The van der Waals surface area contributed by atoms with Crippen LogP contribution < -0.4 is 9.80 Å². The number of benzene rings is 4. The highest BCUT2D eigenvalue weighted by atomic mass is 16.2. The maximum Gasteiger partial charge on any atom is 0.240 e. The van der Waals surface area contributed by atoms with Crippen LogP contribution in [0.4, 0.5) is 11.4 Å². The summed E-state index contributed by atoms with van der Waals surface area (Å²) in [5.74, 6) is -2.10. The van der Waals surface area contributed by atoms with Gasteiger partial charge in [-0.1, -0.05) is 90.5 Å². The van der Waals surface area contributed by atoms with E-state index in [2.05, 4.69) is 18.2 Å². The van der Waals surface area contributed by atoms with Gasteiger partial charge in [0.1, 0.15) is 6.04 Å². The minimum absolute atomic E-state index is 0.139. The van der Waals surface area contributed by atoms with Gasteiger partial charge in [-0.15, -0.1) is 0 Å². The van der Waals surface area contributed by atoms with Crippen LogP contribution in [0.3, 0.4) is 0 Å². The number of anilines is 2. The number of carbonyl (C=O) groups is 3. The molecule has 37 heavy (non-hydrogen) atoms. The molecule has 4 aromatic rings. The van der Waals surface area contributed by atoms with Crippen molar-refractivity contribution in [1.82, 2.24) is 0 Å². The smallest absolute Gasteiger partial charge is 0.240 e. The molecule has 0 aromatic heterocycles. The maximum atomic E-state index is 14.1. The van der Waals surface area contributed by atoms with Gasteiger partial charge < -0.3 is 4.90 Å². The lowest BCUT2D eigenvalue weighted by atomic mass is 9.86. The lowest BCUT2D eigenvalue weighted by Crippen LogP contribution is -2.48. The second-order valence-corrected chi connectivity index (χ2v) is 10.1. The quantitative estimate of drug-likeness (QED) is 0.288. The van der Waals surface area contributed by atoms with Gasteiger partial charge in [-0.25, -0.2) is 4.90 Å².